The summed E-state index contributed by atoms with van der Waals surface area (Å²) >= 11 is 10.5. The number of hydrogen-bond acceptors (Lipinski definition) is 3. The van der Waals surface area contributed by atoms with Gasteiger partial charge in [-0.05, 0) is 23.9 Å². The average molecular weight is 316 g/mol. The Hall–Kier alpha value is -0.660. The number of alkyl halides is 3. The van der Waals surface area contributed by atoms with Crippen molar-refractivity contribution in [2.75, 3.05) is 12.4 Å². The fourth-order valence-electron chi connectivity index (χ4n) is 1.17. The maximum atomic E-state index is 11.9. The fraction of sp³-hybridized carbons (Fsp3) is 0.300. The zero-order valence-corrected chi connectivity index (χ0v) is 11.3. The van der Waals surface area contributed by atoms with Gasteiger partial charge >= 0.3 is 5.51 Å². The van der Waals surface area contributed by atoms with E-state index >= 15 is 0 Å². The Bertz CT molecular complexity index is 440. The first-order valence-corrected chi connectivity index (χ1v) is 6.50. The van der Waals surface area contributed by atoms with E-state index in [1.807, 2.05) is 0 Å². The molecule has 0 spiro atoms. The summed E-state index contributed by atoms with van der Waals surface area (Å²) in [5.41, 5.74) is 1.55. The molecule has 0 saturated heterocycles. The fourth-order valence-corrected chi connectivity index (χ4v) is 2.11. The van der Waals surface area contributed by atoms with Crippen molar-refractivity contribution in [3.05, 3.63) is 28.8 Å². The highest BCUT2D eigenvalue weighted by atomic mass is 35.5. The first-order valence-electron chi connectivity index (χ1n) is 4.73. The number of halogens is 4. The van der Waals surface area contributed by atoms with Gasteiger partial charge in [0.1, 0.15) is 10.7 Å². The standard InChI is InChI=1S/C10H9ClF3NOS2/c11-6-2-1-3-7(8(6)9(15)17)16-4-5-18-10(12,13)14/h1-3H,4-5H2,(H2,15,17). The van der Waals surface area contributed by atoms with Crippen molar-refractivity contribution in [2.24, 2.45) is 5.73 Å². The molecule has 1 rings (SSSR count). The van der Waals surface area contributed by atoms with Crippen molar-refractivity contribution < 1.29 is 17.9 Å². The lowest BCUT2D eigenvalue weighted by atomic mass is 10.2. The molecule has 18 heavy (non-hydrogen) atoms. The molecule has 0 atom stereocenters. The zero-order chi connectivity index (χ0) is 13.8. The highest BCUT2D eigenvalue weighted by Crippen LogP contribution is 2.30. The Balaban J connectivity index is 2.63. The van der Waals surface area contributed by atoms with Crippen molar-refractivity contribution in [2.45, 2.75) is 5.51 Å². The van der Waals surface area contributed by atoms with Gasteiger partial charge in [0.25, 0.3) is 0 Å². The molecule has 0 saturated carbocycles. The summed E-state index contributed by atoms with van der Waals surface area (Å²) in [4.78, 5) is 0.0408. The number of benzene rings is 1. The molecule has 0 amide bonds. The summed E-state index contributed by atoms with van der Waals surface area (Å²) in [6, 6.07) is 4.74. The SMILES string of the molecule is NC(=S)c1c(Cl)cccc1OCCSC(F)(F)F. The first-order chi connectivity index (χ1) is 8.31. The third-order valence-electron chi connectivity index (χ3n) is 1.83. The van der Waals surface area contributed by atoms with Crippen molar-refractivity contribution in [1.82, 2.24) is 0 Å². The summed E-state index contributed by atoms with van der Waals surface area (Å²) in [5, 5.41) is 0.309. The second-order valence-electron chi connectivity index (χ2n) is 3.12. The molecule has 0 aromatic heterocycles. The lowest BCUT2D eigenvalue weighted by Crippen LogP contribution is -2.14. The van der Waals surface area contributed by atoms with Crippen LogP contribution in [0.2, 0.25) is 5.02 Å². The molecule has 8 heteroatoms. The van der Waals surface area contributed by atoms with Crippen LogP contribution in [0, 0.1) is 0 Å². The van der Waals surface area contributed by atoms with Crippen molar-refractivity contribution in [3.63, 3.8) is 0 Å². The van der Waals surface area contributed by atoms with E-state index in [0.717, 1.165) is 0 Å². The van der Waals surface area contributed by atoms with Crippen molar-refractivity contribution in [1.29, 1.82) is 0 Å². The average Bonchev–Trinajstić information content (AvgIpc) is 2.22. The minimum atomic E-state index is -4.26. The van der Waals surface area contributed by atoms with Gasteiger partial charge in [-0.25, -0.2) is 0 Å². The number of thioether (sulfide) groups is 1. The summed E-state index contributed by atoms with van der Waals surface area (Å²) in [7, 11) is 0. The van der Waals surface area contributed by atoms with Crippen LogP contribution in [0.15, 0.2) is 18.2 Å². The van der Waals surface area contributed by atoms with Crippen molar-refractivity contribution >= 4 is 40.6 Å². The smallest absolute Gasteiger partial charge is 0.441 e. The third-order valence-corrected chi connectivity index (χ3v) is 3.05. The number of hydrogen-bond donors (Lipinski definition) is 1. The molecule has 0 aliphatic carbocycles. The van der Waals surface area contributed by atoms with Gasteiger partial charge in [0, 0.05) is 5.75 Å². The zero-order valence-electron chi connectivity index (χ0n) is 8.96. The van der Waals surface area contributed by atoms with E-state index in [4.69, 9.17) is 34.3 Å². The van der Waals surface area contributed by atoms with Crippen LogP contribution >= 0.6 is 35.6 Å². The molecule has 1 aromatic rings. The minimum absolute atomic E-state index is 0.0408. The second-order valence-corrected chi connectivity index (χ2v) is 5.13. The van der Waals surface area contributed by atoms with Crippen LogP contribution in [0.4, 0.5) is 13.2 Å². The summed E-state index contributed by atoms with van der Waals surface area (Å²) in [6.07, 6.45) is 0. The van der Waals surface area contributed by atoms with Gasteiger partial charge in [-0.15, -0.1) is 0 Å². The summed E-state index contributed by atoms with van der Waals surface area (Å²) in [6.45, 7) is -0.111. The van der Waals surface area contributed by atoms with Gasteiger partial charge in [-0.1, -0.05) is 29.9 Å². The van der Waals surface area contributed by atoms with E-state index in [0.29, 0.717) is 10.6 Å². The molecular formula is C10H9ClF3NOS2. The Kier molecular flexibility index (Phi) is 5.55. The third kappa shape index (κ3) is 4.91. The van der Waals surface area contributed by atoms with Crippen LogP contribution < -0.4 is 10.5 Å². The van der Waals surface area contributed by atoms with E-state index in [2.05, 4.69) is 0 Å². The van der Waals surface area contributed by atoms with E-state index in [1.165, 1.54) is 0 Å². The summed E-state index contributed by atoms with van der Waals surface area (Å²) < 4.78 is 40.9. The molecule has 0 bridgehead atoms. The number of rotatable bonds is 5. The van der Waals surface area contributed by atoms with E-state index in [9.17, 15) is 13.2 Å². The van der Waals surface area contributed by atoms with Crippen LogP contribution in [-0.2, 0) is 0 Å². The Morgan fingerprint density at radius 3 is 2.67 bits per heavy atom. The second kappa shape index (κ2) is 6.49. The predicted molar refractivity (Wildman–Crippen MR) is 71.3 cm³/mol. The topological polar surface area (TPSA) is 35.2 Å². The van der Waals surface area contributed by atoms with E-state index in [-0.39, 0.29) is 34.9 Å². The van der Waals surface area contributed by atoms with Crippen LogP contribution in [0.25, 0.3) is 0 Å². The van der Waals surface area contributed by atoms with Gasteiger partial charge in [0.2, 0.25) is 0 Å². The lowest BCUT2D eigenvalue weighted by molar-refractivity contribution is -0.0329. The van der Waals surface area contributed by atoms with E-state index < -0.39 is 5.51 Å². The number of ether oxygens (including phenoxy) is 1. The Morgan fingerprint density at radius 2 is 2.11 bits per heavy atom. The maximum absolute atomic E-state index is 11.9. The number of nitrogens with two attached hydrogens (primary N) is 1. The normalized spacial score (nSPS) is 11.3. The van der Waals surface area contributed by atoms with Gasteiger partial charge in [-0.3, -0.25) is 0 Å². The van der Waals surface area contributed by atoms with E-state index in [1.54, 1.807) is 18.2 Å². The molecular weight excluding hydrogens is 307 g/mol. The minimum Gasteiger partial charge on any atom is -0.492 e. The molecule has 0 aliphatic heterocycles. The highest BCUT2D eigenvalue weighted by Gasteiger charge is 2.27. The lowest BCUT2D eigenvalue weighted by Gasteiger charge is -2.12. The summed E-state index contributed by atoms with van der Waals surface area (Å²) in [5.74, 6) is 0.0741. The maximum Gasteiger partial charge on any atom is 0.441 e. The first kappa shape index (κ1) is 15.4. The van der Waals surface area contributed by atoms with Crippen LogP contribution in [0.5, 0.6) is 5.75 Å². The molecule has 0 unspecified atom stereocenters. The van der Waals surface area contributed by atoms with Crippen LogP contribution in [-0.4, -0.2) is 22.9 Å². The molecule has 1 aromatic carbocycles. The Labute approximate surface area is 117 Å². The van der Waals surface area contributed by atoms with Crippen LogP contribution in [0.3, 0.4) is 0 Å². The largest absolute Gasteiger partial charge is 0.492 e. The molecule has 0 fully saturated rings. The molecule has 2 N–H and O–H groups in total. The molecule has 0 aliphatic rings. The van der Waals surface area contributed by atoms with Gasteiger partial charge in [0.05, 0.1) is 17.2 Å². The molecule has 0 radical (unpaired) electrons. The van der Waals surface area contributed by atoms with Crippen molar-refractivity contribution in [3.8, 4) is 5.75 Å². The predicted octanol–water partition coefficient (Wildman–Crippen LogP) is 3.61. The number of thiocarbonyl (C=S) groups is 1. The van der Waals surface area contributed by atoms with Gasteiger partial charge in [-0.2, -0.15) is 13.2 Å². The van der Waals surface area contributed by atoms with Gasteiger partial charge in [0.15, 0.2) is 0 Å². The van der Waals surface area contributed by atoms with Gasteiger partial charge < -0.3 is 10.5 Å². The van der Waals surface area contributed by atoms with Crippen LogP contribution in [0.1, 0.15) is 5.56 Å². The quantitative estimate of drug-likeness (QED) is 0.665. The molecule has 100 valence electrons. The monoisotopic (exact) mass is 315 g/mol. The highest BCUT2D eigenvalue weighted by molar-refractivity contribution is 8.00. The Morgan fingerprint density at radius 1 is 1.44 bits per heavy atom. The molecule has 0 heterocycles. The molecule has 2 nitrogen and oxygen atoms in total.